The van der Waals surface area contributed by atoms with Crippen LogP contribution in [0.15, 0.2) is 23.2 Å². The van der Waals surface area contributed by atoms with E-state index in [9.17, 15) is 13.5 Å². The highest BCUT2D eigenvalue weighted by molar-refractivity contribution is 7.98. The molecule has 6 nitrogen and oxygen atoms in total. The standard InChI is InChI=1S/C10H17N3O3S2/c1-10(14,7-17-2)6-13-18(15,16)8-3-4-9(11)12-5-8/h3-5,13-14H,6-7H2,1-2H3,(H2,11,12). The Bertz CT molecular complexity index is 486. The molecule has 1 heterocycles. The Hall–Kier alpha value is -0.830. The monoisotopic (exact) mass is 291 g/mol. The van der Waals surface area contributed by atoms with Crippen LogP contribution in [0, 0.1) is 0 Å². The summed E-state index contributed by atoms with van der Waals surface area (Å²) in [4.78, 5) is 3.74. The molecule has 1 aromatic rings. The predicted octanol–water partition coefficient (Wildman–Crippen LogP) is 0.0561. The van der Waals surface area contributed by atoms with Gasteiger partial charge in [-0.15, -0.1) is 0 Å². The van der Waals surface area contributed by atoms with E-state index in [1.165, 1.54) is 30.1 Å². The number of pyridine rings is 1. The normalized spacial score (nSPS) is 15.3. The van der Waals surface area contributed by atoms with Gasteiger partial charge < -0.3 is 10.8 Å². The summed E-state index contributed by atoms with van der Waals surface area (Å²) < 4.78 is 26.1. The van der Waals surface area contributed by atoms with Gasteiger partial charge in [0.25, 0.3) is 0 Å². The molecule has 0 saturated carbocycles. The van der Waals surface area contributed by atoms with Gasteiger partial charge in [0, 0.05) is 18.5 Å². The summed E-state index contributed by atoms with van der Waals surface area (Å²) in [7, 11) is -3.67. The molecule has 0 radical (unpaired) electrons. The quantitative estimate of drug-likeness (QED) is 0.684. The molecule has 1 unspecified atom stereocenters. The van der Waals surface area contributed by atoms with Crippen LogP contribution < -0.4 is 10.5 Å². The van der Waals surface area contributed by atoms with Gasteiger partial charge in [-0.3, -0.25) is 0 Å². The zero-order valence-electron chi connectivity index (χ0n) is 10.3. The molecule has 8 heteroatoms. The lowest BCUT2D eigenvalue weighted by molar-refractivity contribution is 0.0908. The van der Waals surface area contributed by atoms with Crippen molar-refractivity contribution in [3.63, 3.8) is 0 Å². The molecule has 1 rings (SSSR count). The van der Waals surface area contributed by atoms with Crippen LogP contribution in [0.3, 0.4) is 0 Å². The third-order valence-electron chi connectivity index (χ3n) is 2.17. The summed E-state index contributed by atoms with van der Waals surface area (Å²) in [6, 6.07) is 2.78. The van der Waals surface area contributed by atoms with Gasteiger partial charge in [-0.05, 0) is 25.3 Å². The van der Waals surface area contributed by atoms with E-state index in [-0.39, 0.29) is 17.3 Å². The molecule has 1 atom stereocenters. The van der Waals surface area contributed by atoms with E-state index >= 15 is 0 Å². The van der Waals surface area contributed by atoms with Gasteiger partial charge in [-0.25, -0.2) is 18.1 Å². The number of rotatable bonds is 6. The summed E-state index contributed by atoms with van der Waals surface area (Å²) in [6.07, 6.45) is 3.02. The van der Waals surface area contributed by atoms with Crippen molar-refractivity contribution in [2.75, 3.05) is 24.3 Å². The Balaban J connectivity index is 2.74. The van der Waals surface area contributed by atoms with E-state index in [0.717, 1.165) is 0 Å². The van der Waals surface area contributed by atoms with Gasteiger partial charge in [0.05, 0.1) is 5.60 Å². The van der Waals surface area contributed by atoms with Crippen molar-refractivity contribution in [3.05, 3.63) is 18.3 Å². The number of hydrogen-bond donors (Lipinski definition) is 3. The smallest absolute Gasteiger partial charge is 0.242 e. The number of nitrogens with zero attached hydrogens (tertiary/aromatic N) is 1. The van der Waals surface area contributed by atoms with Crippen molar-refractivity contribution in [1.82, 2.24) is 9.71 Å². The van der Waals surface area contributed by atoms with Crippen LogP contribution in [0.4, 0.5) is 5.82 Å². The van der Waals surface area contributed by atoms with E-state index in [1.807, 2.05) is 6.26 Å². The first-order valence-corrected chi connectivity index (χ1v) is 8.07. The van der Waals surface area contributed by atoms with Crippen molar-refractivity contribution in [1.29, 1.82) is 0 Å². The zero-order chi connectivity index (χ0) is 13.8. The molecule has 4 N–H and O–H groups in total. The van der Waals surface area contributed by atoms with Crippen molar-refractivity contribution in [2.24, 2.45) is 0 Å². The van der Waals surface area contributed by atoms with Crippen LogP contribution in [-0.4, -0.2) is 42.7 Å². The summed E-state index contributed by atoms with van der Waals surface area (Å²) in [5, 5.41) is 9.89. The SMILES string of the molecule is CSCC(C)(O)CNS(=O)(=O)c1ccc(N)nc1. The Labute approximate surface area is 111 Å². The first-order valence-electron chi connectivity index (χ1n) is 5.19. The number of thioether (sulfide) groups is 1. The lowest BCUT2D eigenvalue weighted by Gasteiger charge is -2.22. The molecule has 0 aliphatic rings. The van der Waals surface area contributed by atoms with Crippen LogP contribution in [-0.2, 0) is 10.0 Å². The summed E-state index contributed by atoms with van der Waals surface area (Å²) in [5.41, 5.74) is 4.29. The number of aliphatic hydroxyl groups is 1. The minimum absolute atomic E-state index is 0.0247. The summed E-state index contributed by atoms with van der Waals surface area (Å²) in [6.45, 7) is 1.52. The molecule has 0 amide bonds. The van der Waals surface area contributed by atoms with Crippen LogP contribution in [0.25, 0.3) is 0 Å². The fourth-order valence-corrected chi connectivity index (χ4v) is 3.08. The van der Waals surface area contributed by atoms with Gasteiger partial charge in [-0.2, -0.15) is 11.8 Å². The van der Waals surface area contributed by atoms with Crippen molar-refractivity contribution in [2.45, 2.75) is 17.4 Å². The highest BCUT2D eigenvalue weighted by atomic mass is 32.2. The average molecular weight is 291 g/mol. The third kappa shape index (κ3) is 4.45. The number of aromatic nitrogens is 1. The third-order valence-corrected chi connectivity index (χ3v) is 4.46. The summed E-state index contributed by atoms with van der Waals surface area (Å²) in [5.74, 6) is 0.693. The molecule has 1 aromatic heterocycles. The minimum atomic E-state index is -3.67. The fourth-order valence-electron chi connectivity index (χ4n) is 1.25. The Kier molecular flexibility index (Phi) is 4.97. The number of nitrogens with one attached hydrogen (secondary N) is 1. The van der Waals surface area contributed by atoms with E-state index in [1.54, 1.807) is 6.92 Å². The van der Waals surface area contributed by atoms with E-state index in [2.05, 4.69) is 9.71 Å². The molecule has 0 saturated heterocycles. The largest absolute Gasteiger partial charge is 0.388 e. The second kappa shape index (κ2) is 5.87. The molecule has 0 bridgehead atoms. The fraction of sp³-hybridized carbons (Fsp3) is 0.500. The minimum Gasteiger partial charge on any atom is -0.388 e. The maximum Gasteiger partial charge on any atom is 0.242 e. The van der Waals surface area contributed by atoms with Crippen LogP contribution in [0.2, 0.25) is 0 Å². The lowest BCUT2D eigenvalue weighted by atomic mass is 10.1. The van der Waals surface area contributed by atoms with Crippen LogP contribution >= 0.6 is 11.8 Å². The maximum atomic E-state index is 11.9. The number of nitrogen functional groups attached to an aromatic ring is 1. The Morgan fingerprint density at radius 2 is 2.22 bits per heavy atom. The number of anilines is 1. The van der Waals surface area contributed by atoms with Crippen molar-refractivity contribution < 1.29 is 13.5 Å². The van der Waals surface area contributed by atoms with Crippen molar-refractivity contribution >= 4 is 27.6 Å². The zero-order valence-corrected chi connectivity index (χ0v) is 11.9. The lowest BCUT2D eigenvalue weighted by Crippen LogP contribution is -2.42. The van der Waals surface area contributed by atoms with E-state index in [0.29, 0.717) is 5.75 Å². The highest BCUT2D eigenvalue weighted by Gasteiger charge is 2.23. The van der Waals surface area contributed by atoms with Crippen LogP contribution in [0.5, 0.6) is 0 Å². The van der Waals surface area contributed by atoms with Gasteiger partial charge >= 0.3 is 0 Å². The Morgan fingerprint density at radius 1 is 1.56 bits per heavy atom. The molecule has 0 spiro atoms. The van der Waals surface area contributed by atoms with E-state index < -0.39 is 15.6 Å². The van der Waals surface area contributed by atoms with Crippen LogP contribution in [0.1, 0.15) is 6.92 Å². The molecule has 102 valence electrons. The second-order valence-corrected chi connectivity index (χ2v) is 6.81. The molecule has 0 aliphatic carbocycles. The first-order chi connectivity index (χ1) is 8.27. The van der Waals surface area contributed by atoms with Gasteiger partial charge in [-0.1, -0.05) is 0 Å². The van der Waals surface area contributed by atoms with Gasteiger partial charge in [0.2, 0.25) is 10.0 Å². The molecule has 18 heavy (non-hydrogen) atoms. The average Bonchev–Trinajstić information content (AvgIpc) is 2.27. The second-order valence-electron chi connectivity index (χ2n) is 4.17. The highest BCUT2D eigenvalue weighted by Crippen LogP contribution is 2.12. The predicted molar refractivity (Wildman–Crippen MR) is 72.8 cm³/mol. The number of nitrogens with two attached hydrogens (primary N) is 1. The topological polar surface area (TPSA) is 105 Å². The number of sulfonamides is 1. The van der Waals surface area contributed by atoms with Gasteiger partial charge in [0.15, 0.2) is 0 Å². The molecule has 0 fully saturated rings. The molecule has 0 aromatic carbocycles. The molecule has 0 aliphatic heterocycles. The van der Waals surface area contributed by atoms with E-state index in [4.69, 9.17) is 5.73 Å². The number of hydrogen-bond acceptors (Lipinski definition) is 6. The molecular formula is C10H17N3O3S2. The maximum absolute atomic E-state index is 11.9. The summed E-state index contributed by atoms with van der Waals surface area (Å²) >= 11 is 1.44. The Morgan fingerprint density at radius 3 is 2.72 bits per heavy atom. The molecular weight excluding hydrogens is 274 g/mol. The van der Waals surface area contributed by atoms with Gasteiger partial charge in [0.1, 0.15) is 10.7 Å². The van der Waals surface area contributed by atoms with Crippen molar-refractivity contribution in [3.8, 4) is 0 Å². The first kappa shape index (κ1) is 15.2.